The first-order chi connectivity index (χ1) is 6.61. The Labute approximate surface area is 82.7 Å². The van der Waals surface area contributed by atoms with Crippen molar-refractivity contribution in [2.24, 2.45) is 7.05 Å². The molecule has 0 spiro atoms. The Hall–Kier alpha value is -1.36. The minimum atomic E-state index is -0.0324. The maximum atomic E-state index is 11.3. The Morgan fingerprint density at radius 3 is 2.71 bits per heavy atom. The van der Waals surface area contributed by atoms with E-state index in [0.29, 0.717) is 6.54 Å². The molecule has 5 heteroatoms. The molecule has 0 aliphatic carbocycles. The third-order valence-electron chi connectivity index (χ3n) is 2.66. The predicted octanol–water partition coefficient (Wildman–Crippen LogP) is -0.211. The van der Waals surface area contributed by atoms with Crippen molar-refractivity contribution in [3.05, 3.63) is 17.5 Å². The molecule has 1 aromatic rings. The highest BCUT2D eigenvalue weighted by Crippen LogP contribution is 2.22. The highest BCUT2D eigenvalue weighted by atomic mass is 16.2. The SMILES string of the molecule is Cc1cnn(C)c1C1NCC(=O)N1C. The van der Waals surface area contributed by atoms with Gasteiger partial charge in [-0.15, -0.1) is 0 Å². The standard InChI is InChI=1S/C9H14N4O/c1-6-4-11-13(3)8(6)9-10-5-7(14)12(9)2/h4,9-10H,5H2,1-3H3. The molecule has 1 amide bonds. The number of nitrogens with one attached hydrogen (secondary N) is 1. The fourth-order valence-electron chi connectivity index (χ4n) is 1.82. The minimum absolute atomic E-state index is 0.0324. The normalized spacial score (nSPS) is 22.1. The van der Waals surface area contributed by atoms with Crippen LogP contribution in [0.25, 0.3) is 0 Å². The number of hydrogen-bond donors (Lipinski definition) is 1. The lowest BCUT2D eigenvalue weighted by molar-refractivity contribution is -0.126. The number of hydrogen-bond acceptors (Lipinski definition) is 3. The maximum absolute atomic E-state index is 11.3. The lowest BCUT2D eigenvalue weighted by Gasteiger charge is -2.20. The van der Waals surface area contributed by atoms with E-state index in [9.17, 15) is 4.79 Å². The van der Waals surface area contributed by atoms with Gasteiger partial charge in [-0.05, 0) is 12.5 Å². The zero-order chi connectivity index (χ0) is 10.3. The van der Waals surface area contributed by atoms with Gasteiger partial charge >= 0.3 is 0 Å². The molecule has 2 heterocycles. The van der Waals surface area contributed by atoms with Gasteiger partial charge < -0.3 is 4.90 Å². The van der Waals surface area contributed by atoms with Crippen molar-refractivity contribution in [3.8, 4) is 0 Å². The molecule has 0 aromatic carbocycles. The van der Waals surface area contributed by atoms with E-state index in [1.54, 1.807) is 11.9 Å². The lowest BCUT2D eigenvalue weighted by atomic mass is 10.2. The molecule has 1 aliphatic rings. The lowest BCUT2D eigenvalue weighted by Crippen LogP contribution is -2.28. The number of carbonyl (C=O) groups excluding carboxylic acids is 1. The molecule has 1 atom stereocenters. The van der Waals surface area contributed by atoms with Gasteiger partial charge in [0.15, 0.2) is 0 Å². The highest BCUT2D eigenvalue weighted by molar-refractivity contribution is 5.80. The summed E-state index contributed by atoms with van der Waals surface area (Å²) < 4.78 is 1.81. The zero-order valence-corrected chi connectivity index (χ0v) is 8.61. The summed E-state index contributed by atoms with van der Waals surface area (Å²) in [5, 5.41) is 7.31. The molecule has 5 nitrogen and oxygen atoms in total. The molecule has 1 aliphatic heterocycles. The number of aryl methyl sites for hydroxylation is 2. The van der Waals surface area contributed by atoms with Crippen molar-refractivity contribution < 1.29 is 4.79 Å². The van der Waals surface area contributed by atoms with Gasteiger partial charge in [0.25, 0.3) is 0 Å². The number of aromatic nitrogens is 2. The number of rotatable bonds is 1. The zero-order valence-electron chi connectivity index (χ0n) is 8.61. The van der Waals surface area contributed by atoms with Crippen molar-refractivity contribution in [2.45, 2.75) is 13.1 Å². The minimum Gasteiger partial charge on any atom is -0.323 e. The second-order valence-corrected chi connectivity index (χ2v) is 3.62. The average molecular weight is 194 g/mol. The predicted molar refractivity (Wildman–Crippen MR) is 51.5 cm³/mol. The van der Waals surface area contributed by atoms with E-state index >= 15 is 0 Å². The van der Waals surface area contributed by atoms with Crippen LogP contribution in [-0.4, -0.2) is 34.2 Å². The first kappa shape index (κ1) is 9.21. The monoisotopic (exact) mass is 194 g/mol. The molecule has 14 heavy (non-hydrogen) atoms. The van der Waals surface area contributed by atoms with E-state index in [-0.39, 0.29) is 12.1 Å². The summed E-state index contributed by atoms with van der Waals surface area (Å²) in [6.45, 7) is 2.41. The van der Waals surface area contributed by atoms with E-state index in [1.165, 1.54) is 0 Å². The van der Waals surface area contributed by atoms with Crippen molar-refractivity contribution in [1.29, 1.82) is 0 Å². The summed E-state index contributed by atoms with van der Waals surface area (Å²) in [4.78, 5) is 13.0. The average Bonchev–Trinajstić information content (AvgIpc) is 2.62. The molecule has 0 bridgehead atoms. The molecule has 2 rings (SSSR count). The van der Waals surface area contributed by atoms with E-state index in [4.69, 9.17) is 0 Å². The third kappa shape index (κ3) is 1.21. The van der Waals surface area contributed by atoms with Crippen LogP contribution in [-0.2, 0) is 11.8 Å². The second-order valence-electron chi connectivity index (χ2n) is 3.62. The van der Waals surface area contributed by atoms with E-state index < -0.39 is 0 Å². The number of likely N-dealkylation sites (N-methyl/N-ethyl adjacent to an activating group) is 1. The van der Waals surface area contributed by atoms with Gasteiger partial charge in [-0.1, -0.05) is 0 Å². The van der Waals surface area contributed by atoms with E-state index in [2.05, 4.69) is 10.4 Å². The molecule has 0 radical (unpaired) electrons. The van der Waals surface area contributed by atoms with Crippen LogP contribution in [0, 0.1) is 6.92 Å². The first-order valence-electron chi connectivity index (χ1n) is 4.59. The number of carbonyl (C=O) groups is 1. The molecule has 0 saturated carbocycles. The summed E-state index contributed by atoms with van der Waals surface area (Å²) in [5.41, 5.74) is 2.16. The summed E-state index contributed by atoms with van der Waals surface area (Å²) in [7, 11) is 3.69. The van der Waals surface area contributed by atoms with Gasteiger partial charge in [-0.3, -0.25) is 14.8 Å². The van der Waals surface area contributed by atoms with Crippen LogP contribution in [0.3, 0.4) is 0 Å². The van der Waals surface area contributed by atoms with Crippen molar-refractivity contribution in [2.75, 3.05) is 13.6 Å². The Balaban J connectivity index is 2.36. The summed E-state index contributed by atoms with van der Waals surface area (Å²) >= 11 is 0. The summed E-state index contributed by atoms with van der Waals surface area (Å²) in [5.74, 6) is 0.121. The van der Waals surface area contributed by atoms with Crippen LogP contribution >= 0.6 is 0 Å². The second kappa shape index (κ2) is 3.09. The molecule has 1 fully saturated rings. The maximum Gasteiger partial charge on any atom is 0.237 e. The Kier molecular flexibility index (Phi) is 2.03. The largest absolute Gasteiger partial charge is 0.323 e. The molecule has 1 aromatic heterocycles. The quantitative estimate of drug-likeness (QED) is 0.673. The molecular weight excluding hydrogens is 180 g/mol. The highest BCUT2D eigenvalue weighted by Gasteiger charge is 2.31. The van der Waals surface area contributed by atoms with Crippen molar-refractivity contribution in [1.82, 2.24) is 20.0 Å². The Bertz CT molecular complexity index is 351. The third-order valence-corrected chi connectivity index (χ3v) is 2.66. The topological polar surface area (TPSA) is 50.2 Å². The van der Waals surface area contributed by atoms with Crippen LogP contribution in [0.4, 0.5) is 0 Å². The summed E-state index contributed by atoms with van der Waals surface area (Å²) in [6, 6.07) is 0. The van der Waals surface area contributed by atoms with E-state index in [0.717, 1.165) is 11.3 Å². The fraction of sp³-hybridized carbons (Fsp3) is 0.556. The molecule has 1 unspecified atom stereocenters. The van der Waals surface area contributed by atoms with E-state index in [1.807, 2.05) is 24.9 Å². The Morgan fingerprint density at radius 2 is 2.29 bits per heavy atom. The summed E-state index contributed by atoms with van der Waals surface area (Å²) in [6.07, 6.45) is 1.78. The molecule has 76 valence electrons. The fourth-order valence-corrected chi connectivity index (χ4v) is 1.82. The molecule has 1 N–H and O–H groups in total. The van der Waals surface area contributed by atoms with Gasteiger partial charge in [-0.2, -0.15) is 5.10 Å². The van der Waals surface area contributed by atoms with Crippen LogP contribution < -0.4 is 5.32 Å². The van der Waals surface area contributed by atoms with Crippen LogP contribution in [0.5, 0.6) is 0 Å². The van der Waals surface area contributed by atoms with Gasteiger partial charge in [0.1, 0.15) is 6.17 Å². The van der Waals surface area contributed by atoms with Crippen LogP contribution in [0.1, 0.15) is 17.4 Å². The number of nitrogens with zero attached hydrogens (tertiary/aromatic N) is 3. The first-order valence-corrected chi connectivity index (χ1v) is 4.59. The van der Waals surface area contributed by atoms with Gasteiger partial charge in [0.2, 0.25) is 5.91 Å². The number of amides is 1. The van der Waals surface area contributed by atoms with Gasteiger partial charge in [-0.25, -0.2) is 0 Å². The molecule has 1 saturated heterocycles. The van der Waals surface area contributed by atoms with Crippen molar-refractivity contribution >= 4 is 5.91 Å². The Morgan fingerprint density at radius 1 is 1.57 bits per heavy atom. The van der Waals surface area contributed by atoms with Gasteiger partial charge in [0.05, 0.1) is 18.4 Å². The molecular formula is C9H14N4O. The van der Waals surface area contributed by atoms with Gasteiger partial charge in [0, 0.05) is 14.1 Å². The van der Waals surface area contributed by atoms with Crippen LogP contribution in [0.2, 0.25) is 0 Å². The van der Waals surface area contributed by atoms with Crippen molar-refractivity contribution in [3.63, 3.8) is 0 Å². The van der Waals surface area contributed by atoms with Crippen LogP contribution in [0.15, 0.2) is 6.20 Å². The smallest absolute Gasteiger partial charge is 0.237 e.